The van der Waals surface area contributed by atoms with Crippen LogP contribution in [0.3, 0.4) is 0 Å². The van der Waals surface area contributed by atoms with Crippen LogP contribution in [0.15, 0.2) is 48.5 Å². The number of ether oxygens (including phenoxy) is 1. The summed E-state index contributed by atoms with van der Waals surface area (Å²) < 4.78 is 18.9. The number of piperidine rings is 1. The Morgan fingerprint density at radius 1 is 1.09 bits per heavy atom. The maximum atomic E-state index is 14.2. The molecule has 4 rings (SSSR count). The second-order valence-corrected chi connectivity index (χ2v) is 9.05. The largest absolute Gasteiger partial charge is 0.416 e. The van der Waals surface area contributed by atoms with E-state index in [-0.39, 0.29) is 23.4 Å². The fourth-order valence-corrected chi connectivity index (χ4v) is 5.26. The first-order valence-electron chi connectivity index (χ1n) is 11.4. The van der Waals surface area contributed by atoms with Crippen LogP contribution in [0.1, 0.15) is 31.2 Å². The third kappa shape index (κ3) is 4.76. The first kappa shape index (κ1) is 23.7. The summed E-state index contributed by atoms with van der Waals surface area (Å²) >= 11 is 6.11. The van der Waals surface area contributed by atoms with Gasteiger partial charge in [-0.3, -0.25) is 9.69 Å². The average Bonchev–Trinajstić information content (AvgIpc) is 3.27. The Kier molecular flexibility index (Phi) is 7.32. The summed E-state index contributed by atoms with van der Waals surface area (Å²) in [6.45, 7) is 4.59. The summed E-state index contributed by atoms with van der Waals surface area (Å²) in [7, 11) is 0. The van der Waals surface area contributed by atoms with Crippen LogP contribution in [0.2, 0.25) is 5.02 Å². The van der Waals surface area contributed by atoms with Gasteiger partial charge in [-0.2, -0.15) is 0 Å². The van der Waals surface area contributed by atoms with Gasteiger partial charge in [0.1, 0.15) is 17.1 Å². The summed E-state index contributed by atoms with van der Waals surface area (Å²) in [5.41, 5.74) is -0.151. The number of halogens is 2. The van der Waals surface area contributed by atoms with E-state index in [1.807, 2.05) is 31.2 Å². The van der Waals surface area contributed by atoms with E-state index < -0.39 is 17.4 Å². The number of amides is 1. The van der Waals surface area contributed by atoms with Gasteiger partial charge in [-0.25, -0.2) is 9.18 Å². The number of hydrogen-bond donors (Lipinski definition) is 2. The minimum atomic E-state index is -1.10. The fourth-order valence-electron chi connectivity index (χ4n) is 5.13. The minimum absolute atomic E-state index is 0.0619. The highest BCUT2D eigenvalue weighted by molar-refractivity contribution is 6.30. The maximum Gasteiger partial charge on any atom is 0.416 e. The first-order valence-corrected chi connectivity index (χ1v) is 11.8. The second-order valence-electron chi connectivity index (χ2n) is 8.61. The number of likely N-dealkylation sites (N-methyl/N-ethyl adjacent to an activating group) is 1. The zero-order chi connectivity index (χ0) is 23.4. The Morgan fingerprint density at radius 2 is 1.76 bits per heavy atom. The van der Waals surface area contributed by atoms with Crippen molar-refractivity contribution in [2.45, 2.75) is 31.2 Å². The van der Waals surface area contributed by atoms with Crippen LogP contribution < -0.4 is 15.4 Å². The molecule has 2 aliphatic heterocycles. The molecule has 2 atom stereocenters. The van der Waals surface area contributed by atoms with Gasteiger partial charge in [0.2, 0.25) is 0 Å². The summed E-state index contributed by atoms with van der Waals surface area (Å²) in [4.78, 5) is 29.2. The third-order valence-corrected chi connectivity index (χ3v) is 7.02. The number of Topliss-reactive ketones (excluding diaryl/α,β-unsaturated/α-hetero) is 1. The summed E-state index contributed by atoms with van der Waals surface area (Å²) in [5.74, 6) is -0.515. The number of hydrogen-bond acceptors (Lipinski definition) is 5. The molecule has 2 aliphatic rings. The van der Waals surface area contributed by atoms with Gasteiger partial charge in [-0.1, -0.05) is 23.7 Å². The Hall–Kier alpha value is -2.48. The molecule has 0 spiro atoms. The lowest BCUT2D eigenvalue weighted by Gasteiger charge is -2.44. The molecule has 33 heavy (non-hydrogen) atoms. The molecule has 2 saturated heterocycles. The number of carbonyl (C=O) groups is 2. The number of carbonyl (C=O) groups excluding carboxylic acids is 2. The molecule has 1 amide bonds. The van der Waals surface area contributed by atoms with Crippen LogP contribution >= 0.6 is 11.6 Å². The van der Waals surface area contributed by atoms with Gasteiger partial charge >= 0.3 is 6.09 Å². The van der Waals surface area contributed by atoms with Crippen molar-refractivity contribution >= 4 is 23.5 Å². The number of nitrogens with zero attached hydrogens (tertiary/aromatic N) is 1. The van der Waals surface area contributed by atoms with E-state index in [4.69, 9.17) is 16.3 Å². The molecule has 2 N–H and O–H groups in total. The second kappa shape index (κ2) is 10.2. The van der Waals surface area contributed by atoms with E-state index in [1.165, 1.54) is 24.3 Å². The van der Waals surface area contributed by atoms with E-state index >= 15 is 0 Å². The van der Waals surface area contributed by atoms with Crippen LogP contribution in [0.25, 0.3) is 0 Å². The molecule has 0 aromatic heterocycles. The Bertz CT molecular complexity index is 979. The number of ketones is 1. The average molecular weight is 474 g/mol. The Morgan fingerprint density at radius 3 is 2.39 bits per heavy atom. The molecule has 2 aromatic carbocycles. The smallest absolute Gasteiger partial charge is 0.410 e. The lowest BCUT2D eigenvalue weighted by Crippen LogP contribution is -2.63. The Labute approximate surface area is 198 Å². The monoisotopic (exact) mass is 473 g/mol. The fraction of sp³-hybridized carbons (Fsp3) is 0.440. The van der Waals surface area contributed by atoms with Crippen LogP contribution in [0.4, 0.5) is 9.18 Å². The topological polar surface area (TPSA) is 70.7 Å². The molecule has 2 heterocycles. The first-order chi connectivity index (χ1) is 16.0. The Balaban J connectivity index is 1.73. The SMILES string of the molecule is CCN(C(=O)Oc1ccc(F)cc1)[C@]1(C(=O)C2CCNCC2)CNC[C@H]1c1ccc(Cl)cc1. The molecule has 0 unspecified atom stereocenters. The van der Waals surface area contributed by atoms with E-state index in [0.717, 1.165) is 31.5 Å². The highest BCUT2D eigenvalue weighted by Crippen LogP contribution is 2.41. The lowest BCUT2D eigenvalue weighted by molar-refractivity contribution is -0.135. The predicted molar refractivity (Wildman–Crippen MR) is 125 cm³/mol. The van der Waals surface area contributed by atoms with Crippen molar-refractivity contribution in [2.75, 3.05) is 32.7 Å². The van der Waals surface area contributed by atoms with Crippen LogP contribution in [0.5, 0.6) is 5.75 Å². The molecule has 2 aromatic rings. The van der Waals surface area contributed by atoms with Crippen molar-refractivity contribution in [3.63, 3.8) is 0 Å². The highest BCUT2D eigenvalue weighted by atomic mass is 35.5. The molecular formula is C25H29ClFN3O3. The van der Waals surface area contributed by atoms with Crippen molar-refractivity contribution in [2.24, 2.45) is 5.92 Å². The third-order valence-electron chi connectivity index (χ3n) is 6.77. The van der Waals surface area contributed by atoms with Crippen LogP contribution in [0, 0.1) is 11.7 Å². The number of benzene rings is 2. The van der Waals surface area contributed by atoms with Crippen molar-refractivity contribution < 1.29 is 18.7 Å². The molecule has 2 fully saturated rings. The van der Waals surface area contributed by atoms with Gasteiger partial charge in [0, 0.05) is 36.5 Å². The van der Waals surface area contributed by atoms with Gasteiger partial charge in [0.25, 0.3) is 0 Å². The van der Waals surface area contributed by atoms with E-state index in [9.17, 15) is 14.0 Å². The van der Waals surface area contributed by atoms with Gasteiger partial charge in [0.05, 0.1) is 0 Å². The van der Waals surface area contributed by atoms with Crippen LogP contribution in [-0.2, 0) is 4.79 Å². The lowest BCUT2D eigenvalue weighted by atomic mass is 9.72. The predicted octanol–water partition coefficient (Wildman–Crippen LogP) is 3.99. The van der Waals surface area contributed by atoms with Gasteiger partial charge < -0.3 is 15.4 Å². The zero-order valence-electron chi connectivity index (χ0n) is 18.7. The van der Waals surface area contributed by atoms with Crippen molar-refractivity contribution in [1.82, 2.24) is 15.5 Å². The van der Waals surface area contributed by atoms with E-state index in [2.05, 4.69) is 10.6 Å². The summed E-state index contributed by atoms with van der Waals surface area (Å²) in [5, 5.41) is 7.29. The van der Waals surface area contributed by atoms with Gasteiger partial charge in [-0.15, -0.1) is 0 Å². The van der Waals surface area contributed by atoms with Crippen LogP contribution in [-0.4, -0.2) is 55.0 Å². The summed E-state index contributed by atoms with van der Waals surface area (Å²) in [6, 6.07) is 12.8. The van der Waals surface area contributed by atoms with Crippen molar-refractivity contribution in [3.8, 4) is 5.75 Å². The molecule has 176 valence electrons. The quantitative estimate of drug-likeness (QED) is 0.663. The summed E-state index contributed by atoms with van der Waals surface area (Å²) in [6.07, 6.45) is 0.853. The van der Waals surface area contributed by atoms with Gasteiger partial charge in [-0.05, 0) is 74.8 Å². The molecule has 0 aliphatic carbocycles. The zero-order valence-corrected chi connectivity index (χ0v) is 19.4. The minimum Gasteiger partial charge on any atom is -0.410 e. The molecule has 0 saturated carbocycles. The van der Waals surface area contributed by atoms with E-state index in [1.54, 1.807) is 4.90 Å². The molecular weight excluding hydrogens is 445 g/mol. The molecule has 6 nitrogen and oxygen atoms in total. The number of nitrogens with one attached hydrogen (secondary N) is 2. The van der Waals surface area contributed by atoms with Crippen molar-refractivity contribution in [1.29, 1.82) is 0 Å². The van der Waals surface area contributed by atoms with E-state index in [0.29, 0.717) is 24.7 Å². The number of rotatable bonds is 6. The molecule has 0 radical (unpaired) electrons. The molecule has 0 bridgehead atoms. The normalized spacial score (nSPS) is 23.3. The maximum absolute atomic E-state index is 14.2. The van der Waals surface area contributed by atoms with Crippen molar-refractivity contribution in [3.05, 3.63) is 64.9 Å². The standard InChI is InChI=1S/C25H29ClFN3O3/c1-2-30(24(32)33-21-9-7-20(27)8-10-21)25(23(31)18-11-13-28-14-12-18)16-29-15-22(25)17-3-5-19(26)6-4-17/h3-10,18,22,28-29H,2,11-16H2,1H3/t22-,25+/m0/s1. The highest BCUT2D eigenvalue weighted by Gasteiger charge is 2.56. The molecule has 8 heteroatoms. The van der Waals surface area contributed by atoms with Gasteiger partial charge in [0.15, 0.2) is 5.78 Å².